The summed E-state index contributed by atoms with van der Waals surface area (Å²) in [7, 11) is -3.48. The van der Waals surface area contributed by atoms with Crippen molar-refractivity contribution in [1.29, 1.82) is 0 Å². The van der Waals surface area contributed by atoms with Crippen LogP contribution in [0, 0.1) is 0 Å². The lowest BCUT2D eigenvalue weighted by atomic mass is 9.99. The van der Waals surface area contributed by atoms with Gasteiger partial charge in [0.15, 0.2) is 0 Å². The van der Waals surface area contributed by atoms with E-state index in [9.17, 15) is 8.42 Å². The molecular weight excluding hydrogens is 384 g/mol. The van der Waals surface area contributed by atoms with Gasteiger partial charge in [0.1, 0.15) is 0 Å². The Morgan fingerprint density at radius 2 is 1.72 bits per heavy atom. The van der Waals surface area contributed by atoms with Crippen LogP contribution < -0.4 is 5.32 Å². The third kappa shape index (κ3) is 4.36. The number of nitrogens with one attached hydrogen (secondary N) is 1. The van der Waals surface area contributed by atoms with Crippen LogP contribution in [0.5, 0.6) is 0 Å². The van der Waals surface area contributed by atoms with Gasteiger partial charge in [-0.2, -0.15) is 4.31 Å². The Hall–Kier alpha value is -2.25. The van der Waals surface area contributed by atoms with Crippen LogP contribution >= 0.6 is 0 Å². The van der Waals surface area contributed by atoms with Gasteiger partial charge in [0, 0.05) is 25.7 Å². The maximum atomic E-state index is 12.9. The SMILES string of the molecule is C[C@H](NCc1cccc(S(=O)(=O)N2CCOCC2)c1)c1cccc2ccccc12. The topological polar surface area (TPSA) is 58.6 Å². The summed E-state index contributed by atoms with van der Waals surface area (Å²) >= 11 is 0. The third-order valence-corrected chi connectivity index (χ3v) is 7.30. The number of benzene rings is 3. The molecule has 0 radical (unpaired) electrons. The van der Waals surface area contributed by atoms with E-state index in [4.69, 9.17) is 4.74 Å². The molecular formula is C23H26N2O3S. The van der Waals surface area contributed by atoms with E-state index in [-0.39, 0.29) is 6.04 Å². The summed E-state index contributed by atoms with van der Waals surface area (Å²) < 4.78 is 32.6. The highest BCUT2D eigenvalue weighted by atomic mass is 32.2. The lowest BCUT2D eigenvalue weighted by molar-refractivity contribution is 0.0730. The summed E-state index contributed by atoms with van der Waals surface area (Å²) in [5.74, 6) is 0. The molecule has 1 saturated heterocycles. The molecule has 1 N–H and O–H groups in total. The molecule has 1 fully saturated rings. The number of hydrogen-bond acceptors (Lipinski definition) is 4. The first-order valence-electron chi connectivity index (χ1n) is 9.93. The van der Waals surface area contributed by atoms with E-state index in [1.807, 2.05) is 18.2 Å². The van der Waals surface area contributed by atoms with Gasteiger partial charge in [0.2, 0.25) is 10.0 Å². The van der Waals surface area contributed by atoms with Gasteiger partial charge in [-0.05, 0) is 41.0 Å². The standard InChI is InChI=1S/C23H26N2O3S/c1-18(22-11-5-8-20-7-2-3-10-23(20)22)24-17-19-6-4-9-21(16-19)29(26,27)25-12-14-28-15-13-25/h2-11,16,18,24H,12-15,17H2,1H3/t18-/m0/s1. The van der Waals surface area contributed by atoms with E-state index in [1.165, 1.54) is 20.6 Å². The smallest absolute Gasteiger partial charge is 0.243 e. The number of hydrogen-bond donors (Lipinski definition) is 1. The van der Waals surface area contributed by atoms with Crippen molar-refractivity contribution in [2.24, 2.45) is 0 Å². The van der Waals surface area contributed by atoms with Crippen molar-refractivity contribution in [3.63, 3.8) is 0 Å². The fourth-order valence-electron chi connectivity index (χ4n) is 3.76. The summed E-state index contributed by atoms with van der Waals surface area (Å²) in [5, 5.41) is 5.99. The second kappa shape index (κ2) is 8.63. The molecule has 0 aliphatic carbocycles. The molecule has 0 unspecified atom stereocenters. The number of fused-ring (bicyclic) bond motifs is 1. The van der Waals surface area contributed by atoms with Gasteiger partial charge in [-0.1, -0.05) is 54.6 Å². The molecule has 0 amide bonds. The summed E-state index contributed by atoms with van der Waals surface area (Å²) in [4.78, 5) is 0.344. The van der Waals surface area contributed by atoms with Crippen LogP contribution in [-0.4, -0.2) is 39.0 Å². The monoisotopic (exact) mass is 410 g/mol. The molecule has 0 spiro atoms. The van der Waals surface area contributed by atoms with Crippen molar-refractivity contribution in [1.82, 2.24) is 9.62 Å². The second-order valence-corrected chi connectivity index (χ2v) is 9.27. The average molecular weight is 411 g/mol. The maximum Gasteiger partial charge on any atom is 0.243 e. The van der Waals surface area contributed by atoms with Gasteiger partial charge in [-0.3, -0.25) is 0 Å². The predicted octanol–water partition coefficient (Wildman–Crippen LogP) is 3.71. The highest BCUT2D eigenvalue weighted by Gasteiger charge is 2.26. The van der Waals surface area contributed by atoms with Gasteiger partial charge in [0.25, 0.3) is 0 Å². The van der Waals surface area contributed by atoms with Crippen LogP contribution in [0.3, 0.4) is 0 Å². The third-order valence-electron chi connectivity index (χ3n) is 5.41. The molecule has 0 bridgehead atoms. The zero-order valence-electron chi connectivity index (χ0n) is 16.5. The largest absolute Gasteiger partial charge is 0.379 e. The number of ether oxygens (including phenoxy) is 1. The van der Waals surface area contributed by atoms with Gasteiger partial charge < -0.3 is 10.1 Å². The zero-order valence-corrected chi connectivity index (χ0v) is 17.4. The van der Waals surface area contributed by atoms with E-state index in [1.54, 1.807) is 12.1 Å². The lowest BCUT2D eigenvalue weighted by Crippen LogP contribution is -2.40. The second-order valence-electron chi connectivity index (χ2n) is 7.33. The number of rotatable bonds is 6. The predicted molar refractivity (Wildman–Crippen MR) is 115 cm³/mol. The molecule has 0 saturated carbocycles. The highest BCUT2D eigenvalue weighted by Crippen LogP contribution is 2.25. The Kier molecular flexibility index (Phi) is 5.96. The minimum atomic E-state index is -3.48. The molecule has 5 nitrogen and oxygen atoms in total. The molecule has 1 aliphatic heterocycles. The molecule has 4 rings (SSSR count). The van der Waals surface area contributed by atoms with Crippen molar-refractivity contribution < 1.29 is 13.2 Å². The lowest BCUT2D eigenvalue weighted by Gasteiger charge is -2.26. The fourth-order valence-corrected chi connectivity index (χ4v) is 5.24. The van der Waals surface area contributed by atoms with E-state index in [0.29, 0.717) is 37.7 Å². The maximum absolute atomic E-state index is 12.9. The quantitative estimate of drug-likeness (QED) is 0.673. The van der Waals surface area contributed by atoms with Crippen LogP contribution in [0.4, 0.5) is 0 Å². The van der Waals surface area contributed by atoms with Crippen molar-refractivity contribution >= 4 is 20.8 Å². The normalized spacial score (nSPS) is 16.7. The minimum absolute atomic E-state index is 0.139. The number of nitrogens with zero attached hydrogens (tertiary/aromatic N) is 1. The van der Waals surface area contributed by atoms with Crippen molar-refractivity contribution in [2.75, 3.05) is 26.3 Å². The first-order valence-corrected chi connectivity index (χ1v) is 11.4. The van der Waals surface area contributed by atoms with Crippen molar-refractivity contribution in [3.05, 3.63) is 77.9 Å². The zero-order chi connectivity index (χ0) is 20.3. The Morgan fingerprint density at radius 1 is 1.00 bits per heavy atom. The van der Waals surface area contributed by atoms with E-state index in [2.05, 4.69) is 48.6 Å². The first-order chi connectivity index (χ1) is 14.1. The first kappa shape index (κ1) is 20.0. The Labute approximate surface area is 172 Å². The average Bonchev–Trinajstić information content (AvgIpc) is 2.78. The van der Waals surface area contributed by atoms with Crippen LogP contribution in [0.15, 0.2) is 71.6 Å². The van der Waals surface area contributed by atoms with Crippen LogP contribution in [0.2, 0.25) is 0 Å². The van der Waals surface area contributed by atoms with Gasteiger partial charge >= 0.3 is 0 Å². The van der Waals surface area contributed by atoms with Crippen LogP contribution in [0.1, 0.15) is 24.1 Å². The van der Waals surface area contributed by atoms with Gasteiger partial charge in [0.05, 0.1) is 18.1 Å². The Morgan fingerprint density at radius 3 is 2.55 bits per heavy atom. The molecule has 3 aromatic rings. The van der Waals surface area contributed by atoms with Gasteiger partial charge in [-0.15, -0.1) is 0 Å². The highest BCUT2D eigenvalue weighted by molar-refractivity contribution is 7.89. The molecule has 6 heteroatoms. The van der Waals surface area contributed by atoms with E-state index >= 15 is 0 Å². The number of morpholine rings is 1. The van der Waals surface area contributed by atoms with E-state index in [0.717, 1.165) is 5.56 Å². The summed E-state index contributed by atoms with van der Waals surface area (Å²) in [6.07, 6.45) is 0. The molecule has 29 heavy (non-hydrogen) atoms. The Balaban J connectivity index is 1.49. The summed E-state index contributed by atoms with van der Waals surface area (Å²) in [6, 6.07) is 22.0. The van der Waals surface area contributed by atoms with Gasteiger partial charge in [-0.25, -0.2) is 8.42 Å². The number of sulfonamides is 1. The fraction of sp³-hybridized carbons (Fsp3) is 0.304. The minimum Gasteiger partial charge on any atom is -0.379 e. The molecule has 3 aromatic carbocycles. The molecule has 1 atom stereocenters. The van der Waals surface area contributed by atoms with Crippen molar-refractivity contribution in [2.45, 2.75) is 24.4 Å². The Bertz CT molecular complexity index is 1090. The van der Waals surface area contributed by atoms with E-state index < -0.39 is 10.0 Å². The van der Waals surface area contributed by atoms with Crippen LogP contribution in [-0.2, 0) is 21.3 Å². The molecule has 0 aromatic heterocycles. The summed E-state index contributed by atoms with van der Waals surface area (Å²) in [6.45, 7) is 4.44. The molecule has 1 heterocycles. The van der Waals surface area contributed by atoms with Crippen LogP contribution in [0.25, 0.3) is 10.8 Å². The van der Waals surface area contributed by atoms with Crippen molar-refractivity contribution in [3.8, 4) is 0 Å². The molecule has 152 valence electrons. The summed E-state index contributed by atoms with van der Waals surface area (Å²) in [5.41, 5.74) is 2.19. The molecule has 1 aliphatic rings.